The van der Waals surface area contributed by atoms with Crippen molar-refractivity contribution in [3.05, 3.63) is 164 Å². The third-order valence-corrected chi connectivity index (χ3v) is 11.7. The Labute approximate surface area is 280 Å². The largest absolute Gasteiger partial charge is 0.310 e. The van der Waals surface area contributed by atoms with E-state index >= 15 is 0 Å². The monoisotopic (exact) mass is 633 g/mol. The maximum Gasteiger partial charge on any atom is 0.0468 e. The van der Waals surface area contributed by atoms with Gasteiger partial charge in [0.1, 0.15) is 0 Å². The van der Waals surface area contributed by atoms with Gasteiger partial charge in [-0.25, -0.2) is 0 Å². The normalized spacial score (nSPS) is 11.8. The van der Waals surface area contributed by atoms with Crippen molar-refractivity contribution in [3.63, 3.8) is 0 Å². The summed E-state index contributed by atoms with van der Waals surface area (Å²) in [5, 5.41) is 10.3. The Bertz CT molecular complexity index is 2800. The van der Waals surface area contributed by atoms with E-state index in [-0.39, 0.29) is 0 Å². The number of hydrogen-bond donors (Lipinski definition) is 0. The van der Waals surface area contributed by atoms with Crippen LogP contribution in [0, 0.1) is 0 Å². The molecule has 220 valence electrons. The molecule has 1 nitrogen and oxygen atoms in total. The van der Waals surface area contributed by atoms with Crippen LogP contribution in [0.15, 0.2) is 164 Å². The molecule has 0 bridgehead atoms. The summed E-state index contributed by atoms with van der Waals surface area (Å²) in [4.78, 5) is 2.41. The van der Waals surface area contributed by atoms with E-state index in [0.717, 1.165) is 17.1 Å². The number of hydrogen-bond acceptors (Lipinski definition) is 3. The molecule has 0 fully saturated rings. The van der Waals surface area contributed by atoms with Crippen LogP contribution in [0.5, 0.6) is 0 Å². The summed E-state index contributed by atoms with van der Waals surface area (Å²) in [6.07, 6.45) is 0. The highest BCUT2D eigenvalue weighted by molar-refractivity contribution is 7.26. The van der Waals surface area contributed by atoms with Gasteiger partial charge < -0.3 is 4.90 Å². The molecule has 0 atom stereocenters. The lowest BCUT2D eigenvalue weighted by Gasteiger charge is -2.26. The van der Waals surface area contributed by atoms with Gasteiger partial charge in [0.15, 0.2) is 0 Å². The molecular weight excluding hydrogens is 607 g/mol. The van der Waals surface area contributed by atoms with Gasteiger partial charge in [0.2, 0.25) is 0 Å². The average molecular weight is 634 g/mol. The van der Waals surface area contributed by atoms with Gasteiger partial charge in [-0.2, -0.15) is 0 Å². The Kier molecular flexibility index (Phi) is 5.98. The molecule has 0 radical (unpaired) electrons. The summed E-state index contributed by atoms with van der Waals surface area (Å²) in [6, 6.07) is 60.3. The smallest absolute Gasteiger partial charge is 0.0468 e. The SMILES string of the molecule is c1ccc2c(c1)ccc1ccc(N(c3ccc(-c4ccc5c(c4)sc4ccccc45)cc3)c3ccc4sc5ccccc5c4c3)cc12. The molecule has 0 spiro atoms. The van der Waals surface area contributed by atoms with Crippen LogP contribution in [0.25, 0.3) is 73.0 Å². The van der Waals surface area contributed by atoms with E-state index in [1.54, 1.807) is 0 Å². The molecule has 0 saturated carbocycles. The third kappa shape index (κ3) is 4.35. The number of benzene rings is 8. The van der Waals surface area contributed by atoms with Gasteiger partial charge in [-0.1, -0.05) is 103 Å². The highest BCUT2D eigenvalue weighted by atomic mass is 32.1. The molecule has 47 heavy (non-hydrogen) atoms. The number of anilines is 3. The quantitative estimate of drug-likeness (QED) is 0.174. The standard InChI is InChI=1S/C44H27NS2/c1-2-8-35-29(7-1)13-14-30-17-21-33(26-39(30)35)45(34-22-24-43-40(27-34)37-10-4-6-12-42(37)46-43)32-19-15-28(16-20-32)31-18-23-38-36-9-3-5-11-41(36)47-44(38)25-31/h1-27H. The van der Waals surface area contributed by atoms with Crippen molar-refractivity contribution in [1.29, 1.82) is 0 Å². The number of rotatable bonds is 4. The van der Waals surface area contributed by atoms with E-state index in [1.165, 1.54) is 73.0 Å². The van der Waals surface area contributed by atoms with Crippen molar-refractivity contribution in [2.75, 3.05) is 4.90 Å². The van der Waals surface area contributed by atoms with Crippen LogP contribution in [0.1, 0.15) is 0 Å². The van der Waals surface area contributed by atoms with Gasteiger partial charge in [-0.05, 0) is 93.3 Å². The summed E-state index contributed by atoms with van der Waals surface area (Å²) < 4.78 is 5.30. The molecule has 0 aliphatic heterocycles. The van der Waals surface area contributed by atoms with E-state index in [2.05, 4.69) is 169 Å². The zero-order valence-electron chi connectivity index (χ0n) is 25.4. The van der Waals surface area contributed by atoms with Crippen molar-refractivity contribution in [2.45, 2.75) is 0 Å². The van der Waals surface area contributed by atoms with Crippen LogP contribution in [0.2, 0.25) is 0 Å². The maximum absolute atomic E-state index is 2.41. The van der Waals surface area contributed by atoms with E-state index in [0.29, 0.717) is 0 Å². The van der Waals surface area contributed by atoms with Crippen molar-refractivity contribution in [2.24, 2.45) is 0 Å². The lowest BCUT2D eigenvalue weighted by atomic mass is 10.0. The topological polar surface area (TPSA) is 3.24 Å². The zero-order chi connectivity index (χ0) is 30.9. The fraction of sp³-hybridized carbons (Fsp3) is 0. The van der Waals surface area contributed by atoms with E-state index < -0.39 is 0 Å². The van der Waals surface area contributed by atoms with Gasteiger partial charge in [0, 0.05) is 57.4 Å². The highest BCUT2D eigenvalue weighted by Crippen LogP contribution is 2.43. The minimum absolute atomic E-state index is 1.13. The molecule has 0 aliphatic rings. The first-order chi connectivity index (χ1) is 23.3. The fourth-order valence-corrected chi connectivity index (χ4v) is 9.37. The Morgan fingerprint density at radius 1 is 0.298 bits per heavy atom. The number of fused-ring (bicyclic) bond motifs is 9. The summed E-state index contributed by atoms with van der Waals surface area (Å²) in [5.41, 5.74) is 5.89. The predicted molar refractivity (Wildman–Crippen MR) is 207 cm³/mol. The van der Waals surface area contributed by atoms with Crippen LogP contribution >= 0.6 is 22.7 Å². The minimum Gasteiger partial charge on any atom is -0.310 e. The van der Waals surface area contributed by atoms with Crippen molar-refractivity contribution < 1.29 is 0 Å². The Balaban J connectivity index is 1.13. The molecule has 8 aromatic carbocycles. The van der Waals surface area contributed by atoms with Crippen molar-refractivity contribution in [1.82, 2.24) is 0 Å². The molecule has 2 aromatic heterocycles. The first kappa shape index (κ1) is 26.7. The Morgan fingerprint density at radius 2 is 0.809 bits per heavy atom. The molecule has 0 saturated heterocycles. The molecular formula is C44H27NS2. The number of nitrogens with zero attached hydrogens (tertiary/aromatic N) is 1. The van der Waals surface area contributed by atoms with Gasteiger partial charge in [0.25, 0.3) is 0 Å². The van der Waals surface area contributed by atoms with Gasteiger partial charge in [0.05, 0.1) is 0 Å². The van der Waals surface area contributed by atoms with Crippen molar-refractivity contribution >= 4 is 102 Å². The van der Waals surface area contributed by atoms with Crippen LogP contribution in [-0.2, 0) is 0 Å². The molecule has 0 unspecified atom stereocenters. The molecule has 10 rings (SSSR count). The van der Waals surface area contributed by atoms with E-state index in [9.17, 15) is 0 Å². The lowest BCUT2D eigenvalue weighted by molar-refractivity contribution is 1.30. The first-order valence-corrected chi connectivity index (χ1v) is 17.5. The second-order valence-electron chi connectivity index (χ2n) is 12.2. The summed E-state index contributed by atoms with van der Waals surface area (Å²) in [7, 11) is 0. The second kappa shape index (κ2) is 10.5. The summed E-state index contributed by atoms with van der Waals surface area (Å²) >= 11 is 3.73. The predicted octanol–water partition coefficient (Wildman–Crippen LogP) is 13.9. The van der Waals surface area contributed by atoms with Crippen LogP contribution in [0.4, 0.5) is 17.1 Å². The highest BCUT2D eigenvalue weighted by Gasteiger charge is 2.16. The van der Waals surface area contributed by atoms with Crippen LogP contribution in [0.3, 0.4) is 0 Å². The molecule has 2 heterocycles. The minimum atomic E-state index is 1.13. The fourth-order valence-electron chi connectivity index (χ4n) is 7.14. The van der Waals surface area contributed by atoms with Crippen LogP contribution in [-0.4, -0.2) is 0 Å². The third-order valence-electron chi connectivity index (χ3n) is 9.44. The maximum atomic E-state index is 2.41. The molecule has 0 aliphatic carbocycles. The molecule has 3 heteroatoms. The molecule has 0 amide bonds. The summed E-state index contributed by atoms with van der Waals surface area (Å²) in [6.45, 7) is 0. The van der Waals surface area contributed by atoms with Gasteiger partial charge in [-0.15, -0.1) is 22.7 Å². The van der Waals surface area contributed by atoms with Gasteiger partial charge in [-0.3, -0.25) is 0 Å². The lowest BCUT2D eigenvalue weighted by Crippen LogP contribution is -2.09. The molecule has 0 N–H and O–H groups in total. The van der Waals surface area contributed by atoms with Crippen molar-refractivity contribution in [3.8, 4) is 11.1 Å². The second-order valence-corrected chi connectivity index (χ2v) is 14.3. The van der Waals surface area contributed by atoms with E-state index in [1.807, 2.05) is 22.7 Å². The Hall–Kier alpha value is -5.48. The first-order valence-electron chi connectivity index (χ1n) is 15.9. The Morgan fingerprint density at radius 3 is 1.60 bits per heavy atom. The number of thiophene rings is 2. The van der Waals surface area contributed by atoms with Crippen LogP contribution < -0.4 is 4.90 Å². The summed E-state index contributed by atoms with van der Waals surface area (Å²) in [5.74, 6) is 0. The van der Waals surface area contributed by atoms with E-state index in [4.69, 9.17) is 0 Å². The zero-order valence-corrected chi connectivity index (χ0v) is 27.0. The molecule has 10 aromatic rings. The average Bonchev–Trinajstić information content (AvgIpc) is 3.70. The van der Waals surface area contributed by atoms with Gasteiger partial charge >= 0.3 is 0 Å².